The van der Waals surface area contributed by atoms with Crippen molar-refractivity contribution in [3.8, 4) is 11.5 Å². The van der Waals surface area contributed by atoms with Gasteiger partial charge in [0.15, 0.2) is 11.6 Å². The van der Waals surface area contributed by atoms with Gasteiger partial charge in [0.05, 0.1) is 23.1 Å². The number of nitrogens with one attached hydrogen (secondary N) is 1. The van der Waals surface area contributed by atoms with E-state index in [1.165, 1.54) is 6.33 Å². The summed E-state index contributed by atoms with van der Waals surface area (Å²) >= 11 is 0. The number of hydrogen-bond donors (Lipinski definition) is 1. The van der Waals surface area contributed by atoms with Crippen LogP contribution in [0.2, 0.25) is 0 Å². The first kappa shape index (κ1) is 21.7. The van der Waals surface area contributed by atoms with Crippen molar-refractivity contribution in [3.63, 3.8) is 0 Å². The molecule has 1 amide bonds. The fourth-order valence-electron chi connectivity index (χ4n) is 3.66. The Morgan fingerprint density at radius 1 is 1.16 bits per heavy atom. The lowest BCUT2D eigenvalue weighted by molar-refractivity contribution is -0.125. The molecule has 1 atom stereocenters. The number of oxazole rings is 1. The molecule has 8 heteroatoms. The Hall–Kier alpha value is -3.55. The zero-order valence-electron chi connectivity index (χ0n) is 18.1. The summed E-state index contributed by atoms with van der Waals surface area (Å²) in [6.45, 7) is 6.15. The van der Waals surface area contributed by atoms with E-state index in [0.717, 1.165) is 29.0 Å². The van der Waals surface area contributed by atoms with Crippen LogP contribution in [0.1, 0.15) is 31.1 Å². The summed E-state index contributed by atoms with van der Waals surface area (Å²) in [6, 6.07) is 9.37. The van der Waals surface area contributed by atoms with Gasteiger partial charge in [0.1, 0.15) is 12.3 Å². The number of carbonyl (C=O) groups is 1. The summed E-state index contributed by atoms with van der Waals surface area (Å²) in [6.07, 6.45) is 3.53. The number of halogens is 2. The summed E-state index contributed by atoms with van der Waals surface area (Å²) < 4.78 is 34.4. The molecule has 2 aromatic heterocycles. The van der Waals surface area contributed by atoms with Gasteiger partial charge < -0.3 is 14.3 Å². The Kier molecular flexibility index (Phi) is 6.03. The number of rotatable bonds is 7. The molecule has 0 aliphatic rings. The summed E-state index contributed by atoms with van der Waals surface area (Å²) in [5.41, 5.74) is 3.45. The molecule has 2 aromatic carbocycles. The first-order valence-electron chi connectivity index (χ1n) is 10.4. The number of fused-ring (bicyclic) bond motifs is 1. The molecule has 0 spiro atoms. The van der Waals surface area contributed by atoms with Crippen LogP contribution < -0.4 is 5.32 Å². The predicted molar refractivity (Wildman–Crippen MR) is 117 cm³/mol. The van der Waals surface area contributed by atoms with Crippen LogP contribution in [0.15, 0.2) is 53.4 Å². The number of aryl methyl sites for hydroxylation is 1. The van der Waals surface area contributed by atoms with Gasteiger partial charge in [-0.15, -0.1) is 0 Å². The molecule has 4 aromatic rings. The number of carbonyl (C=O) groups excluding carboxylic acids is 1. The van der Waals surface area contributed by atoms with Crippen LogP contribution in [0, 0.1) is 24.5 Å². The Bertz CT molecular complexity index is 1240. The van der Waals surface area contributed by atoms with Crippen molar-refractivity contribution in [1.82, 2.24) is 19.9 Å². The Balaban J connectivity index is 1.44. The zero-order chi connectivity index (χ0) is 22.8. The number of amides is 1. The van der Waals surface area contributed by atoms with Gasteiger partial charge in [0.2, 0.25) is 11.8 Å². The minimum atomic E-state index is -0.974. The highest BCUT2D eigenvalue weighted by molar-refractivity contribution is 5.84. The van der Waals surface area contributed by atoms with Crippen LogP contribution in [0.3, 0.4) is 0 Å². The van der Waals surface area contributed by atoms with Crippen molar-refractivity contribution >= 4 is 16.9 Å². The first-order chi connectivity index (χ1) is 15.3. The van der Waals surface area contributed by atoms with Gasteiger partial charge in [-0.2, -0.15) is 0 Å². The first-order valence-corrected chi connectivity index (χ1v) is 10.4. The lowest BCUT2D eigenvalue weighted by Gasteiger charge is -2.22. The molecule has 6 nitrogen and oxygen atoms in total. The lowest BCUT2D eigenvalue weighted by atomic mass is 10.0. The Morgan fingerprint density at radius 3 is 2.59 bits per heavy atom. The largest absolute Gasteiger partial charge is 0.444 e. The van der Waals surface area contributed by atoms with Crippen molar-refractivity contribution in [2.24, 2.45) is 5.92 Å². The maximum atomic E-state index is 13.8. The van der Waals surface area contributed by atoms with Crippen LogP contribution in [0.25, 0.3) is 22.5 Å². The van der Waals surface area contributed by atoms with Crippen LogP contribution in [0.5, 0.6) is 0 Å². The average molecular weight is 438 g/mol. The molecular weight excluding hydrogens is 414 g/mol. The van der Waals surface area contributed by atoms with Gasteiger partial charge in [-0.3, -0.25) is 4.79 Å². The van der Waals surface area contributed by atoms with E-state index in [4.69, 9.17) is 4.42 Å². The second-order valence-corrected chi connectivity index (χ2v) is 8.15. The molecule has 0 radical (unpaired) electrons. The number of aromatic nitrogens is 3. The molecule has 0 aliphatic carbocycles. The van der Waals surface area contributed by atoms with E-state index in [1.807, 2.05) is 45.0 Å². The van der Waals surface area contributed by atoms with Gasteiger partial charge in [-0.1, -0.05) is 31.5 Å². The average Bonchev–Trinajstić information content (AvgIpc) is 3.37. The molecule has 1 N–H and O–H groups in total. The van der Waals surface area contributed by atoms with Crippen molar-refractivity contribution in [2.45, 2.75) is 33.2 Å². The lowest BCUT2D eigenvalue weighted by Crippen LogP contribution is -2.36. The SMILES string of the molecule is Cc1ccc(-c2nc(CCNC(=O)C(C(C)C)n3cnc4cc(F)c(F)cc43)co2)cc1. The van der Waals surface area contributed by atoms with E-state index >= 15 is 0 Å². The minimum absolute atomic E-state index is 0.0966. The van der Waals surface area contributed by atoms with Crippen LogP contribution in [0.4, 0.5) is 8.78 Å². The van der Waals surface area contributed by atoms with E-state index < -0.39 is 17.7 Å². The van der Waals surface area contributed by atoms with E-state index in [1.54, 1.807) is 10.8 Å². The maximum Gasteiger partial charge on any atom is 0.243 e. The monoisotopic (exact) mass is 438 g/mol. The molecule has 32 heavy (non-hydrogen) atoms. The summed E-state index contributed by atoms with van der Waals surface area (Å²) in [7, 11) is 0. The summed E-state index contributed by atoms with van der Waals surface area (Å²) in [5.74, 6) is -1.74. The van der Waals surface area contributed by atoms with E-state index in [0.29, 0.717) is 29.9 Å². The molecule has 166 valence electrons. The van der Waals surface area contributed by atoms with Gasteiger partial charge in [0, 0.05) is 30.7 Å². The van der Waals surface area contributed by atoms with Crippen molar-refractivity contribution in [2.75, 3.05) is 6.54 Å². The predicted octanol–water partition coefficient (Wildman–Crippen LogP) is 4.83. The fraction of sp³-hybridized carbons (Fsp3) is 0.292. The van der Waals surface area contributed by atoms with Crippen molar-refractivity contribution in [3.05, 3.63) is 71.9 Å². The topological polar surface area (TPSA) is 73.0 Å². The number of hydrogen-bond acceptors (Lipinski definition) is 4. The van der Waals surface area contributed by atoms with Gasteiger partial charge in [-0.25, -0.2) is 18.7 Å². The van der Waals surface area contributed by atoms with E-state index in [-0.39, 0.29) is 11.8 Å². The third kappa shape index (κ3) is 4.39. The van der Waals surface area contributed by atoms with Gasteiger partial charge in [-0.05, 0) is 25.0 Å². The van der Waals surface area contributed by atoms with Gasteiger partial charge in [0.25, 0.3) is 0 Å². The third-order valence-electron chi connectivity index (χ3n) is 5.35. The van der Waals surface area contributed by atoms with E-state index in [9.17, 15) is 13.6 Å². The quantitative estimate of drug-likeness (QED) is 0.448. The molecule has 2 heterocycles. The standard InChI is InChI=1S/C24H24F2N4O2/c1-14(2)22(30-13-28-20-10-18(25)19(26)11-21(20)30)23(31)27-9-8-17-12-32-24(29-17)16-6-4-15(3)5-7-16/h4-7,10-14,22H,8-9H2,1-3H3,(H,27,31). The molecule has 0 aliphatic heterocycles. The normalized spacial score (nSPS) is 12.4. The summed E-state index contributed by atoms with van der Waals surface area (Å²) in [5, 5.41) is 2.91. The number of benzene rings is 2. The maximum absolute atomic E-state index is 13.8. The molecule has 0 fully saturated rings. The van der Waals surface area contributed by atoms with Crippen LogP contribution in [-0.2, 0) is 11.2 Å². The highest BCUT2D eigenvalue weighted by Crippen LogP contribution is 2.25. The Labute approximate surface area is 184 Å². The Morgan fingerprint density at radius 2 is 1.88 bits per heavy atom. The summed E-state index contributed by atoms with van der Waals surface area (Å²) in [4.78, 5) is 21.6. The third-order valence-corrected chi connectivity index (χ3v) is 5.35. The molecule has 0 saturated carbocycles. The highest BCUT2D eigenvalue weighted by atomic mass is 19.2. The second kappa shape index (κ2) is 8.90. The highest BCUT2D eigenvalue weighted by Gasteiger charge is 2.26. The molecule has 4 rings (SSSR count). The zero-order valence-corrected chi connectivity index (χ0v) is 18.1. The fourth-order valence-corrected chi connectivity index (χ4v) is 3.66. The number of nitrogens with zero attached hydrogens (tertiary/aromatic N) is 3. The van der Waals surface area contributed by atoms with Crippen molar-refractivity contribution < 1.29 is 18.0 Å². The minimum Gasteiger partial charge on any atom is -0.444 e. The van der Waals surface area contributed by atoms with Crippen molar-refractivity contribution in [1.29, 1.82) is 0 Å². The second-order valence-electron chi connectivity index (χ2n) is 8.15. The van der Waals surface area contributed by atoms with Crippen LogP contribution >= 0.6 is 0 Å². The molecule has 0 saturated heterocycles. The molecule has 1 unspecified atom stereocenters. The van der Waals surface area contributed by atoms with Crippen LogP contribution in [-0.4, -0.2) is 27.0 Å². The van der Waals surface area contributed by atoms with E-state index in [2.05, 4.69) is 15.3 Å². The molecular formula is C24H24F2N4O2. The van der Waals surface area contributed by atoms with Gasteiger partial charge >= 0.3 is 0 Å². The smallest absolute Gasteiger partial charge is 0.243 e. The molecule has 0 bridgehead atoms. The number of imidazole rings is 1.